The topological polar surface area (TPSA) is 120 Å². The molecule has 0 radical (unpaired) electrons. The molecule has 1 aromatic carbocycles. The van der Waals surface area contributed by atoms with Crippen molar-refractivity contribution in [3.63, 3.8) is 0 Å². The van der Waals surface area contributed by atoms with Gasteiger partial charge in [-0.15, -0.1) is 0 Å². The number of rotatable bonds is 5. The van der Waals surface area contributed by atoms with Crippen molar-refractivity contribution >= 4 is 22.7 Å². The van der Waals surface area contributed by atoms with Crippen LogP contribution in [0.15, 0.2) is 29.1 Å². The highest BCUT2D eigenvalue weighted by Gasteiger charge is 2.50. The number of piperidine rings is 1. The van der Waals surface area contributed by atoms with Crippen molar-refractivity contribution < 1.29 is 14.7 Å². The van der Waals surface area contributed by atoms with Crippen LogP contribution in [0.3, 0.4) is 0 Å². The predicted molar refractivity (Wildman–Crippen MR) is 108 cm³/mol. The molecule has 1 spiro atoms. The number of aliphatic hydroxyl groups is 1. The smallest absolute Gasteiger partial charge is 0.248 e. The average molecular weight is 398 g/mol. The number of carbonyl (C=O) groups is 2. The predicted octanol–water partition coefficient (Wildman–Crippen LogP) is 0.576. The summed E-state index contributed by atoms with van der Waals surface area (Å²) < 4.78 is 0. The van der Waals surface area contributed by atoms with Gasteiger partial charge in [-0.3, -0.25) is 19.3 Å². The van der Waals surface area contributed by atoms with Crippen LogP contribution in [-0.2, 0) is 11.3 Å². The Kier molecular flexibility index (Phi) is 5.14. The van der Waals surface area contributed by atoms with Crippen molar-refractivity contribution in [3.05, 3.63) is 45.7 Å². The number of fused-ring (bicyclic) bond motifs is 1. The standard InChI is InChI=1S/C21H26N4O4/c22-19(28)14-3-4-17-16(11-14)18(27)12-15(23-17)13-25-8-2-6-21(25)5-1-7-24(9-10-26)20(21)29/h3-4,11-12,26H,1-2,5-10,13H2,(H2,22,28)(H,23,27). The maximum absolute atomic E-state index is 13.2. The van der Waals surface area contributed by atoms with Crippen molar-refractivity contribution in [2.75, 3.05) is 26.2 Å². The van der Waals surface area contributed by atoms with Crippen molar-refractivity contribution in [2.24, 2.45) is 5.73 Å². The monoisotopic (exact) mass is 398 g/mol. The molecule has 0 saturated carbocycles. The molecule has 1 atom stereocenters. The van der Waals surface area contributed by atoms with E-state index in [-0.39, 0.29) is 17.9 Å². The first-order chi connectivity index (χ1) is 13.9. The van der Waals surface area contributed by atoms with E-state index in [1.54, 1.807) is 17.0 Å². The van der Waals surface area contributed by atoms with Gasteiger partial charge in [0.25, 0.3) is 0 Å². The molecule has 0 bridgehead atoms. The third-order valence-electron chi connectivity index (χ3n) is 6.23. The Morgan fingerprint density at radius 3 is 2.66 bits per heavy atom. The Labute approximate surface area is 168 Å². The third-order valence-corrected chi connectivity index (χ3v) is 6.23. The van der Waals surface area contributed by atoms with Gasteiger partial charge in [-0.05, 0) is 50.4 Å². The first kappa shape index (κ1) is 19.6. The molecule has 154 valence electrons. The van der Waals surface area contributed by atoms with Crippen LogP contribution in [0.5, 0.6) is 0 Å². The maximum Gasteiger partial charge on any atom is 0.248 e. The van der Waals surface area contributed by atoms with Gasteiger partial charge in [0.1, 0.15) is 5.54 Å². The zero-order valence-corrected chi connectivity index (χ0v) is 16.3. The summed E-state index contributed by atoms with van der Waals surface area (Å²) in [5.74, 6) is -0.484. The van der Waals surface area contributed by atoms with Gasteiger partial charge in [-0.1, -0.05) is 0 Å². The van der Waals surface area contributed by atoms with Gasteiger partial charge in [0.2, 0.25) is 11.8 Å². The third kappa shape index (κ3) is 3.42. The van der Waals surface area contributed by atoms with Gasteiger partial charge in [-0.25, -0.2) is 0 Å². The Hall–Kier alpha value is -2.71. The zero-order chi connectivity index (χ0) is 20.6. The number of hydrogen-bond donors (Lipinski definition) is 3. The summed E-state index contributed by atoms with van der Waals surface area (Å²) in [5.41, 5.74) is 6.26. The first-order valence-corrected chi connectivity index (χ1v) is 10.1. The van der Waals surface area contributed by atoms with E-state index in [9.17, 15) is 19.5 Å². The second-order valence-corrected chi connectivity index (χ2v) is 7.96. The van der Waals surface area contributed by atoms with Crippen molar-refractivity contribution in [3.8, 4) is 0 Å². The van der Waals surface area contributed by atoms with Crippen molar-refractivity contribution in [2.45, 2.75) is 37.8 Å². The fourth-order valence-electron chi connectivity index (χ4n) is 4.84. The quantitative estimate of drug-likeness (QED) is 0.680. The molecule has 29 heavy (non-hydrogen) atoms. The molecule has 2 saturated heterocycles. The molecule has 2 aliphatic rings. The molecule has 2 amide bonds. The Morgan fingerprint density at radius 2 is 1.93 bits per heavy atom. The van der Waals surface area contributed by atoms with Gasteiger partial charge in [0.15, 0.2) is 5.43 Å². The van der Waals surface area contributed by atoms with E-state index in [2.05, 4.69) is 9.88 Å². The summed E-state index contributed by atoms with van der Waals surface area (Å²) in [7, 11) is 0. The number of carbonyl (C=O) groups excluding carboxylic acids is 2. The minimum absolute atomic E-state index is 0.0346. The van der Waals surface area contributed by atoms with Crippen LogP contribution >= 0.6 is 0 Å². The lowest BCUT2D eigenvalue weighted by molar-refractivity contribution is -0.148. The molecule has 4 N–H and O–H groups in total. The number of β-amino-alcohol motifs (C(OH)–C–C–N with tert-alkyl or cyclic N) is 1. The van der Waals surface area contributed by atoms with Crippen molar-refractivity contribution in [1.29, 1.82) is 0 Å². The summed E-state index contributed by atoms with van der Waals surface area (Å²) in [6, 6.07) is 6.33. The Bertz CT molecular complexity index is 1020. The van der Waals surface area contributed by atoms with Crippen LogP contribution in [0.1, 0.15) is 41.7 Å². The Balaban J connectivity index is 1.63. The molecule has 8 heteroatoms. The fourth-order valence-corrected chi connectivity index (χ4v) is 4.84. The minimum atomic E-state index is -0.572. The molecule has 2 aromatic rings. The van der Waals surface area contributed by atoms with Crippen LogP contribution < -0.4 is 11.2 Å². The molecule has 4 rings (SSSR count). The van der Waals surface area contributed by atoms with Crippen LogP contribution in [0.25, 0.3) is 10.9 Å². The lowest BCUT2D eigenvalue weighted by Gasteiger charge is -2.44. The number of benzene rings is 1. The van der Waals surface area contributed by atoms with E-state index >= 15 is 0 Å². The van der Waals surface area contributed by atoms with Gasteiger partial charge in [0, 0.05) is 47.9 Å². The average Bonchev–Trinajstić information content (AvgIpc) is 3.08. The Morgan fingerprint density at radius 1 is 1.17 bits per heavy atom. The second kappa shape index (κ2) is 7.61. The molecule has 1 aromatic heterocycles. The molecule has 0 aliphatic carbocycles. The molecule has 2 fully saturated rings. The summed E-state index contributed by atoms with van der Waals surface area (Å²) >= 11 is 0. The molecule has 2 aliphatic heterocycles. The SMILES string of the molecule is NC(=O)c1ccc2[nH]c(CN3CCCC34CCCN(CCO)C4=O)cc(=O)c2c1. The number of primary amides is 1. The number of nitrogens with one attached hydrogen (secondary N) is 1. The number of amides is 2. The molecule has 8 nitrogen and oxygen atoms in total. The van der Waals surface area contributed by atoms with Crippen LogP contribution in [-0.4, -0.2) is 63.5 Å². The summed E-state index contributed by atoms with van der Waals surface area (Å²) in [5, 5.41) is 9.70. The number of nitrogens with zero attached hydrogens (tertiary/aromatic N) is 2. The number of H-pyrrole nitrogens is 1. The van der Waals surface area contributed by atoms with Gasteiger partial charge in [0.05, 0.1) is 6.61 Å². The highest BCUT2D eigenvalue weighted by atomic mass is 16.3. The van der Waals surface area contributed by atoms with Gasteiger partial charge < -0.3 is 20.7 Å². The maximum atomic E-state index is 13.2. The fraction of sp³-hybridized carbons (Fsp3) is 0.476. The zero-order valence-electron chi connectivity index (χ0n) is 16.3. The normalized spacial score (nSPS) is 22.7. The number of hydrogen-bond acceptors (Lipinski definition) is 5. The minimum Gasteiger partial charge on any atom is -0.395 e. The molecular formula is C21H26N4O4. The van der Waals surface area contributed by atoms with Gasteiger partial charge in [-0.2, -0.15) is 0 Å². The molecule has 1 unspecified atom stereocenters. The molecular weight excluding hydrogens is 372 g/mol. The lowest BCUT2D eigenvalue weighted by Crippen LogP contribution is -2.60. The van der Waals surface area contributed by atoms with Crippen LogP contribution in [0, 0.1) is 0 Å². The molecule has 3 heterocycles. The summed E-state index contributed by atoms with van der Waals surface area (Å²) in [4.78, 5) is 44.4. The van der Waals surface area contributed by atoms with Crippen LogP contribution in [0.2, 0.25) is 0 Å². The van der Waals surface area contributed by atoms with Crippen molar-refractivity contribution in [1.82, 2.24) is 14.8 Å². The highest BCUT2D eigenvalue weighted by molar-refractivity contribution is 5.96. The number of pyridine rings is 1. The first-order valence-electron chi connectivity index (χ1n) is 10.1. The van der Waals surface area contributed by atoms with E-state index in [1.165, 1.54) is 12.1 Å². The van der Waals surface area contributed by atoms with E-state index in [4.69, 9.17) is 5.73 Å². The number of likely N-dealkylation sites (tertiary alicyclic amines) is 2. The number of aromatic amines is 1. The summed E-state index contributed by atoms with van der Waals surface area (Å²) in [6.45, 7) is 2.28. The van der Waals surface area contributed by atoms with E-state index in [1.807, 2.05) is 0 Å². The number of aromatic nitrogens is 1. The van der Waals surface area contributed by atoms with E-state index < -0.39 is 11.4 Å². The largest absolute Gasteiger partial charge is 0.395 e. The number of aliphatic hydroxyl groups excluding tert-OH is 1. The van der Waals surface area contributed by atoms with Gasteiger partial charge >= 0.3 is 0 Å². The van der Waals surface area contributed by atoms with Crippen LogP contribution in [0.4, 0.5) is 0 Å². The van der Waals surface area contributed by atoms with E-state index in [0.29, 0.717) is 36.1 Å². The second-order valence-electron chi connectivity index (χ2n) is 7.96. The highest BCUT2D eigenvalue weighted by Crippen LogP contribution is 2.39. The summed E-state index contributed by atoms with van der Waals surface area (Å²) in [6.07, 6.45) is 3.44. The van der Waals surface area contributed by atoms with E-state index in [0.717, 1.165) is 37.9 Å². The lowest BCUT2D eigenvalue weighted by atomic mass is 9.85. The number of nitrogens with two attached hydrogens (primary N) is 1.